The van der Waals surface area contributed by atoms with Gasteiger partial charge < -0.3 is 10.2 Å². The van der Waals surface area contributed by atoms with Crippen molar-refractivity contribution < 1.29 is 0 Å². The molecule has 2 heterocycles. The van der Waals surface area contributed by atoms with E-state index in [1.54, 1.807) is 0 Å². The largest absolute Gasteiger partial charge is 0.318 e. The first-order chi connectivity index (χ1) is 9.20. The van der Waals surface area contributed by atoms with Crippen LogP contribution in [0.2, 0.25) is 0 Å². The summed E-state index contributed by atoms with van der Waals surface area (Å²) in [6.45, 7) is 6.73. The van der Waals surface area contributed by atoms with E-state index >= 15 is 0 Å². The number of rotatable bonds is 4. The van der Waals surface area contributed by atoms with E-state index in [4.69, 9.17) is 0 Å². The lowest BCUT2D eigenvalue weighted by atomic mass is 10.1. The second kappa shape index (κ2) is 6.98. The molecule has 1 aromatic heterocycles. The fraction of sp³-hybridized carbons (Fsp3) is 0.667. The number of hydrogen-bond acceptors (Lipinski definition) is 4. The maximum absolute atomic E-state index is 4.10. The molecule has 4 heteroatoms. The SMILES string of the molecule is CNCC1CN(C)CCC(C)N1Cc1ccncc1. The van der Waals surface area contributed by atoms with Crippen LogP contribution in [0.3, 0.4) is 0 Å². The zero-order valence-electron chi connectivity index (χ0n) is 12.3. The van der Waals surface area contributed by atoms with Crippen LogP contribution in [0.25, 0.3) is 0 Å². The van der Waals surface area contributed by atoms with E-state index in [1.165, 1.54) is 18.5 Å². The molecule has 0 saturated carbocycles. The number of hydrogen-bond donors (Lipinski definition) is 1. The molecule has 2 rings (SSSR count). The average molecular weight is 262 g/mol. The van der Waals surface area contributed by atoms with Gasteiger partial charge in [-0.2, -0.15) is 0 Å². The minimum atomic E-state index is 0.570. The molecule has 0 aromatic carbocycles. The van der Waals surface area contributed by atoms with E-state index in [2.05, 4.69) is 46.2 Å². The molecule has 1 aliphatic rings. The quantitative estimate of drug-likeness (QED) is 0.883. The fourth-order valence-corrected chi connectivity index (χ4v) is 2.89. The van der Waals surface area contributed by atoms with Gasteiger partial charge in [-0.3, -0.25) is 9.88 Å². The highest BCUT2D eigenvalue weighted by Crippen LogP contribution is 2.18. The molecule has 1 N–H and O–H groups in total. The number of aromatic nitrogens is 1. The van der Waals surface area contributed by atoms with E-state index < -0.39 is 0 Å². The Morgan fingerprint density at radius 1 is 1.37 bits per heavy atom. The number of likely N-dealkylation sites (N-methyl/N-ethyl adjacent to an activating group) is 2. The summed E-state index contributed by atoms with van der Waals surface area (Å²) in [7, 11) is 4.27. The summed E-state index contributed by atoms with van der Waals surface area (Å²) in [4.78, 5) is 9.19. The van der Waals surface area contributed by atoms with Gasteiger partial charge in [0.15, 0.2) is 0 Å². The van der Waals surface area contributed by atoms with Crippen LogP contribution in [0, 0.1) is 0 Å². The van der Waals surface area contributed by atoms with Crippen molar-refractivity contribution in [1.82, 2.24) is 20.1 Å². The standard InChI is InChI=1S/C15H26N4/c1-13-6-9-18(3)12-15(10-16-2)19(13)11-14-4-7-17-8-5-14/h4-5,7-8,13,15-16H,6,9-12H2,1-3H3. The maximum Gasteiger partial charge on any atom is 0.0354 e. The molecular weight excluding hydrogens is 236 g/mol. The molecule has 2 atom stereocenters. The van der Waals surface area contributed by atoms with Gasteiger partial charge in [0.05, 0.1) is 0 Å². The van der Waals surface area contributed by atoms with Crippen molar-refractivity contribution in [3.8, 4) is 0 Å². The predicted molar refractivity (Wildman–Crippen MR) is 79.1 cm³/mol. The minimum absolute atomic E-state index is 0.570. The first-order valence-corrected chi connectivity index (χ1v) is 7.18. The van der Waals surface area contributed by atoms with Gasteiger partial charge in [-0.25, -0.2) is 0 Å². The van der Waals surface area contributed by atoms with E-state index in [0.29, 0.717) is 12.1 Å². The molecule has 1 fully saturated rings. The number of nitrogens with one attached hydrogen (secondary N) is 1. The van der Waals surface area contributed by atoms with Crippen molar-refractivity contribution in [2.24, 2.45) is 0 Å². The first kappa shape index (κ1) is 14.4. The molecule has 1 saturated heterocycles. The molecule has 0 amide bonds. The Morgan fingerprint density at radius 2 is 2.11 bits per heavy atom. The van der Waals surface area contributed by atoms with E-state index in [1.807, 2.05) is 19.4 Å². The fourth-order valence-electron chi connectivity index (χ4n) is 2.89. The van der Waals surface area contributed by atoms with Crippen LogP contribution in [0.15, 0.2) is 24.5 Å². The third-order valence-corrected chi connectivity index (χ3v) is 4.04. The van der Waals surface area contributed by atoms with E-state index in [-0.39, 0.29) is 0 Å². The smallest absolute Gasteiger partial charge is 0.0354 e. The van der Waals surface area contributed by atoms with Gasteiger partial charge in [0, 0.05) is 44.1 Å². The van der Waals surface area contributed by atoms with Crippen molar-refractivity contribution in [2.45, 2.75) is 32.0 Å². The molecule has 0 bridgehead atoms. The predicted octanol–water partition coefficient (Wildman–Crippen LogP) is 1.20. The van der Waals surface area contributed by atoms with Crippen molar-refractivity contribution >= 4 is 0 Å². The molecular formula is C15H26N4. The lowest BCUT2D eigenvalue weighted by molar-refractivity contribution is 0.134. The lowest BCUT2D eigenvalue weighted by Crippen LogP contribution is -2.48. The Labute approximate surface area is 116 Å². The second-order valence-corrected chi connectivity index (χ2v) is 5.64. The molecule has 0 spiro atoms. The van der Waals surface area contributed by atoms with Crippen LogP contribution < -0.4 is 5.32 Å². The summed E-state index contributed by atoms with van der Waals surface area (Å²) in [5.74, 6) is 0. The molecule has 19 heavy (non-hydrogen) atoms. The van der Waals surface area contributed by atoms with Gasteiger partial charge in [0.2, 0.25) is 0 Å². The first-order valence-electron chi connectivity index (χ1n) is 7.18. The zero-order chi connectivity index (χ0) is 13.7. The molecule has 1 aromatic rings. The van der Waals surface area contributed by atoms with Gasteiger partial charge in [-0.05, 0) is 51.7 Å². The van der Waals surface area contributed by atoms with E-state index in [0.717, 1.165) is 19.6 Å². The summed E-state index contributed by atoms with van der Waals surface area (Å²) in [6.07, 6.45) is 5.01. The summed E-state index contributed by atoms with van der Waals surface area (Å²) in [5, 5.41) is 3.34. The average Bonchev–Trinajstić information content (AvgIpc) is 2.54. The van der Waals surface area contributed by atoms with Crippen LogP contribution in [0.4, 0.5) is 0 Å². The molecule has 4 nitrogen and oxygen atoms in total. The highest BCUT2D eigenvalue weighted by molar-refractivity contribution is 5.10. The van der Waals surface area contributed by atoms with Crippen LogP contribution in [0.5, 0.6) is 0 Å². The van der Waals surface area contributed by atoms with Crippen molar-refractivity contribution in [3.63, 3.8) is 0 Å². The van der Waals surface area contributed by atoms with Crippen LogP contribution in [-0.4, -0.2) is 60.6 Å². The molecule has 0 radical (unpaired) electrons. The monoisotopic (exact) mass is 262 g/mol. The normalized spacial score (nSPS) is 26.3. The van der Waals surface area contributed by atoms with Crippen LogP contribution in [0.1, 0.15) is 18.9 Å². The van der Waals surface area contributed by atoms with Crippen molar-refractivity contribution in [3.05, 3.63) is 30.1 Å². The number of pyridine rings is 1. The Kier molecular flexibility index (Phi) is 5.31. The highest BCUT2D eigenvalue weighted by Gasteiger charge is 2.27. The van der Waals surface area contributed by atoms with Gasteiger partial charge in [-0.15, -0.1) is 0 Å². The Hall–Kier alpha value is -0.970. The Balaban J connectivity index is 2.11. The summed E-state index contributed by atoms with van der Waals surface area (Å²) >= 11 is 0. The summed E-state index contributed by atoms with van der Waals surface area (Å²) < 4.78 is 0. The summed E-state index contributed by atoms with van der Waals surface area (Å²) in [5.41, 5.74) is 1.35. The minimum Gasteiger partial charge on any atom is -0.318 e. The van der Waals surface area contributed by atoms with Gasteiger partial charge in [-0.1, -0.05) is 0 Å². The van der Waals surface area contributed by atoms with E-state index in [9.17, 15) is 0 Å². The van der Waals surface area contributed by atoms with Gasteiger partial charge in [0.1, 0.15) is 0 Å². The van der Waals surface area contributed by atoms with Crippen molar-refractivity contribution in [2.75, 3.05) is 33.7 Å². The Morgan fingerprint density at radius 3 is 2.79 bits per heavy atom. The van der Waals surface area contributed by atoms with Gasteiger partial charge in [0.25, 0.3) is 0 Å². The number of nitrogens with zero attached hydrogens (tertiary/aromatic N) is 3. The molecule has 1 aliphatic heterocycles. The lowest BCUT2D eigenvalue weighted by Gasteiger charge is -2.34. The maximum atomic E-state index is 4.10. The van der Waals surface area contributed by atoms with Crippen LogP contribution in [-0.2, 0) is 6.54 Å². The third kappa shape index (κ3) is 4.00. The zero-order valence-corrected chi connectivity index (χ0v) is 12.3. The third-order valence-electron chi connectivity index (χ3n) is 4.04. The second-order valence-electron chi connectivity index (χ2n) is 5.64. The topological polar surface area (TPSA) is 31.4 Å². The van der Waals surface area contributed by atoms with Crippen molar-refractivity contribution in [1.29, 1.82) is 0 Å². The highest BCUT2D eigenvalue weighted by atomic mass is 15.3. The molecule has 2 unspecified atom stereocenters. The Bertz CT molecular complexity index is 368. The van der Waals surface area contributed by atoms with Gasteiger partial charge >= 0.3 is 0 Å². The molecule has 0 aliphatic carbocycles. The molecule has 106 valence electrons. The summed E-state index contributed by atoms with van der Waals surface area (Å²) in [6, 6.07) is 5.44. The van der Waals surface area contributed by atoms with Crippen LogP contribution >= 0.6 is 0 Å².